The fraction of sp³-hybridized carbons (Fsp3) is 0.143. The standard InChI is InChI=1S/C28H20F4N4O2/c1-27(2)23-20(6-3-7-22(23)36(26(27)38)19-5-4-12-33-15-19)16-13-21(24(34-14-16)28(30,31)32)25(37)35-18-10-8-17(29)9-11-18/h3-15H,1-2H3,(H,35,37). The van der Waals surface area contributed by atoms with Gasteiger partial charge in [0.15, 0.2) is 5.69 Å². The second-order valence-corrected chi connectivity index (χ2v) is 9.26. The van der Waals surface area contributed by atoms with Gasteiger partial charge in [-0.05, 0) is 73.5 Å². The smallest absolute Gasteiger partial charge is 0.322 e. The van der Waals surface area contributed by atoms with Gasteiger partial charge in [-0.3, -0.25) is 24.5 Å². The molecule has 10 heteroatoms. The van der Waals surface area contributed by atoms with E-state index in [4.69, 9.17) is 0 Å². The molecular weight excluding hydrogens is 500 g/mol. The van der Waals surface area contributed by atoms with Crippen LogP contribution in [-0.2, 0) is 16.4 Å². The highest BCUT2D eigenvalue weighted by atomic mass is 19.4. The number of benzene rings is 2. The topological polar surface area (TPSA) is 75.2 Å². The second kappa shape index (κ2) is 9.05. The maximum Gasteiger partial charge on any atom is 0.434 e. The molecule has 0 unspecified atom stereocenters. The number of nitrogens with one attached hydrogen (secondary N) is 1. The number of rotatable bonds is 4. The normalized spacial score (nSPS) is 14.4. The quantitative estimate of drug-likeness (QED) is 0.311. The summed E-state index contributed by atoms with van der Waals surface area (Å²) in [5, 5.41) is 2.37. The third-order valence-electron chi connectivity index (χ3n) is 6.36. The Kier molecular flexibility index (Phi) is 5.97. The summed E-state index contributed by atoms with van der Waals surface area (Å²) >= 11 is 0. The number of alkyl halides is 3. The van der Waals surface area contributed by atoms with Gasteiger partial charge in [-0.1, -0.05) is 12.1 Å². The third kappa shape index (κ3) is 4.27. The molecule has 0 aliphatic carbocycles. The van der Waals surface area contributed by atoms with Gasteiger partial charge < -0.3 is 5.32 Å². The monoisotopic (exact) mass is 520 g/mol. The Labute approximate surface area is 215 Å². The van der Waals surface area contributed by atoms with Crippen LogP contribution in [0.25, 0.3) is 11.1 Å². The number of hydrogen-bond acceptors (Lipinski definition) is 4. The number of amides is 2. The molecule has 5 rings (SSSR count). The van der Waals surface area contributed by atoms with Gasteiger partial charge in [0.05, 0.1) is 28.6 Å². The van der Waals surface area contributed by atoms with Crippen LogP contribution in [0.3, 0.4) is 0 Å². The lowest BCUT2D eigenvalue weighted by Gasteiger charge is -2.21. The summed E-state index contributed by atoms with van der Waals surface area (Å²) in [4.78, 5) is 35.7. The molecule has 0 bridgehead atoms. The summed E-state index contributed by atoms with van der Waals surface area (Å²) in [7, 11) is 0. The van der Waals surface area contributed by atoms with Gasteiger partial charge in [0, 0.05) is 23.6 Å². The minimum atomic E-state index is -4.90. The van der Waals surface area contributed by atoms with Crippen molar-refractivity contribution >= 4 is 28.9 Å². The first kappa shape index (κ1) is 25.1. The molecule has 6 nitrogen and oxygen atoms in total. The Hall–Kier alpha value is -4.60. The van der Waals surface area contributed by atoms with Crippen LogP contribution in [0.1, 0.15) is 35.5 Å². The Morgan fingerprint density at radius 3 is 2.39 bits per heavy atom. The van der Waals surface area contributed by atoms with Crippen molar-refractivity contribution in [2.75, 3.05) is 10.2 Å². The summed E-state index contributed by atoms with van der Waals surface area (Å²) in [5.41, 5.74) is -0.605. The zero-order chi connectivity index (χ0) is 27.2. The SMILES string of the molecule is CC1(C)C(=O)N(c2cccnc2)c2cccc(-c3cnc(C(F)(F)F)c(C(=O)Nc4ccc(F)cc4)c3)c21. The molecule has 1 aliphatic rings. The van der Waals surface area contributed by atoms with E-state index in [1.807, 2.05) is 0 Å². The van der Waals surface area contributed by atoms with Crippen molar-refractivity contribution < 1.29 is 27.2 Å². The average molecular weight is 520 g/mol. The van der Waals surface area contributed by atoms with Crippen molar-refractivity contribution in [3.8, 4) is 11.1 Å². The van der Waals surface area contributed by atoms with Crippen LogP contribution in [0.15, 0.2) is 79.3 Å². The summed E-state index contributed by atoms with van der Waals surface area (Å²) in [6.45, 7) is 3.46. The average Bonchev–Trinajstić information content (AvgIpc) is 3.10. The minimum absolute atomic E-state index is 0.120. The van der Waals surface area contributed by atoms with Gasteiger partial charge >= 0.3 is 6.18 Å². The third-order valence-corrected chi connectivity index (χ3v) is 6.36. The lowest BCUT2D eigenvalue weighted by molar-refractivity contribution is -0.141. The zero-order valence-corrected chi connectivity index (χ0v) is 20.2. The molecule has 1 N–H and O–H groups in total. The van der Waals surface area contributed by atoms with E-state index in [2.05, 4.69) is 15.3 Å². The van der Waals surface area contributed by atoms with Gasteiger partial charge in [-0.15, -0.1) is 0 Å². The summed E-state index contributed by atoms with van der Waals surface area (Å²) in [5.74, 6) is -1.85. The van der Waals surface area contributed by atoms with E-state index in [0.29, 0.717) is 22.5 Å². The molecule has 2 amide bonds. The van der Waals surface area contributed by atoms with Crippen molar-refractivity contribution in [3.05, 3.63) is 102 Å². The molecule has 3 heterocycles. The highest BCUT2D eigenvalue weighted by Gasteiger charge is 2.46. The number of fused-ring (bicyclic) bond motifs is 1. The van der Waals surface area contributed by atoms with Crippen molar-refractivity contribution in [2.45, 2.75) is 25.4 Å². The van der Waals surface area contributed by atoms with E-state index in [1.54, 1.807) is 56.6 Å². The number of carbonyl (C=O) groups is 2. The molecule has 38 heavy (non-hydrogen) atoms. The van der Waals surface area contributed by atoms with Crippen molar-refractivity contribution in [1.29, 1.82) is 0 Å². The maximum atomic E-state index is 13.8. The second-order valence-electron chi connectivity index (χ2n) is 9.26. The first-order valence-electron chi connectivity index (χ1n) is 11.5. The fourth-order valence-electron chi connectivity index (χ4n) is 4.60. The van der Waals surface area contributed by atoms with E-state index < -0.39 is 34.6 Å². The fourth-order valence-corrected chi connectivity index (χ4v) is 4.60. The number of hydrogen-bond donors (Lipinski definition) is 1. The van der Waals surface area contributed by atoms with Gasteiger partial charge in [0.2, 0.25) is 5.91 Å². The Morgan fingerprint density at radius 2 is 1.74 bits per heavy atom. The summed E-state index contributed by atoms with van der Waals surface area (Å²) in [6, 6.07) is 14.3. The minimum Gasteiger partial charge on any atom is -0.322 e. The predicted octanol–water partition coefficient (Wildman–Crippen LogP) is 6.51. The number of aromatic nitrogens is 2. The van der Waals surface area contributed by atoms with Crippen LogP contribution < -0.4 is 10.2 Å². The van der Waals surface area contributed by atoms with Crippen LogP contribution in [-0.4, -0.2) is 21.8 Å². The molecule has 0 saturated carbocycles. The molecule has 0 radical (unpaired) electrons. The molecule has 0 fully saturated rings. The van der Waals surface area contributed by atoms with Gasteiger partial charge in [-0.25, -0.2) is 4.39 Å². The van der Waals surface area contributed by atoms with Gasteiger partial charge in [0.1, 0.15) is 5.82 Å². The summed E-state index contributed by atoms with van der Waals surface area (Å²) < 4.78 is 54.7. The Morgan fingerprint density at radius 1 is 1.00 bits per heavy atom. The van der Waals surface area contributed by atoms with Gasteiger partial charge in [-0.2, -0.15) is 13.2 Å². The maximum absolute atomic E-state index is 13.8. The number of pyridine rings is 2. The van der Waals surface area contributed by atoms with E-state index in [1.165, 1.54) is 17.0 Å². The molecule has 192 valence electrons. The first-order chi connectivity index (χ1) is 18.0. The summed E-state index contributed by atoms with van der Waals surface area (Å²) in [6.07, 6.45) is -0.731. The molecule has 0 atom stereocenters. The highest BCUT2D eigenvalue weighted by Crippen LogP contribution is 2.49. The molecule has 2 aromatic heterocycles. The van der Waals surface area contributed by atoms with Crippen molar-refractivity contribution in [3.63, 3.8) is 0 Å². The van der Waals surface area contributed by atoms with Gasteiger partial charge in [0.25, 0.3) is 5.91 Å². The Bertz CT molecular complexity index is 1550. The van der Waals surface area contributed by atoms with E-state index in [0.717, 1.165) is 24.4 Å². The number of anilines is 3. The number of halogens is 4. The largest absolute Gasteiger partial charge is 0.434 e. The molecule has 1 aliphatic heterocycles. The lowest BCUT2D eigenvalue weighted by atomic mass is 9.81. The number of carbonyl (C=O) groups excluding carboxylic acids is 2. The first-order valence-corrected chi connectivity index (χ1v) is 11.5. The van der Waals surface area contributed by atoms with Crippen molar-refractivity contribution in [1.82, 2.24) is 9.97 Å². The van der Waals surface area contributed by atoms with Crippen LogP contribution in [0.2, 0.25) is 0 Å². The highest BCUT2D eigenvalue weighted by molar-refractivity contribution is 6.14. The molecule has 4 aromatic rings. The van der Waals surface area contributed by atoms with Crippen LogP contribution in [0, 0.1) is 5.82 Å². The molecule has 0 saturated heterocycles. The molecule has 2 aromatic carbocycles. The Balaban J connectivity index is 1.64. The van der Waals surface area contributed by atoms with Crippen LogP contribution >= 0.6 is 0 Å². The molecular formula is C28H20F4N4O2. The van der Waals surface area contributed by atoms with Crippen LogP contribution in [0.4, 0.5) is 34.6 Å². The van der Waals surface area contributed by atoms with Crippen LogP contribution in [0.5, 0.6) is 0 Å². The molecule has 0 spiro atoms. The van der Waals surface area contributed by atoms with E-state index in [9.17, 15) is 27.2 Å². The predicted molar refractivity (Wildman–Crippen MR) is 133 cm³/mol. The van der Waals surface area contributed by atoms with E-state index in [-0.39, 0.29) is 17.2 Å². The van der Waals surface area contributed by atoms with Crippen molar-refractivity contribution in [2.24, 2.45) is 0 Å². The number of nitrogens with zero attached hydrogens (tertiary/aromatic N) is 3. The van der Waals surface area contributed by atoms with E-state index >= 15 is 0 Å². The zero-order valence-electron chi connectivity index (χ0n) is 20.2. The lowest BCUT2D eigenvalue weighted by Crippen LogP contribution is -2.33.